The van der Waals surface area contributed by atoms with Gasteiger partial charge in [-0.3, -0.25) is 4.79 Å². The third-order valence-corrected chi connectivity index (χ3v) is 3.66. The summed E-state index contributed by atoms with van der Waals surface area (Å²) in [5.41, 5.74) is -1.02. The van der Waals surface area contributed by atoms with Crippen LogP contribution in [0.15, 0.2) is 24.3 Å². The molecule has 116 valence electrons. The molecule has 1 amide bonds. The topological polar surface area (TPSA) is 41.1 Å². The van der Waals surface area contributed by atoms with E-state index in [1.54, 1.807) is 0 Å². The Morgan fingerprint density at radius 3 is 2.48 bits per heavy atom. The molecule has 0 aliphatic heterocycles. The van der Waals surface area contributed by atoms with Gasteiger partial charge in [-0.25, -0.2) is 0 Å². The maximum atomic E-state index is 12.8. The molecule has 0 radical (unpaired) electrons. The molecule has 0 heterocycles. The molecular weight excluding hydrogens is 281 g/mol. The van der Waals surface area contributed by atoms with Crippen LogP contribution < -0.4 is 10.6 Å². The van der Waals surface area contributed by atoms with Crippen LogP contribution in [0.2, 0.25) is 0 Å². The number of anilines is 1. The Kier molecular flexibility index (Phi) is 5.22. The second-order valence-electron chi connectivity index (χ2n) is 5.31. The van der Waals surface area contributed by atoms with Crippen LogP contribution in [-0.2, 0) is 11.0 Å². The Morgan fingerprint density at radius 1 is 1.14 bits per heavy atom. The summed E-state index contributed by atoms with van der Waals surface area (Å²) in [4.78, 5) is 11.8. The minimum atomic E-state index is -4.47. The Bertz CT molecular complexity index is 482. The van der Waals surface area contributed by atoms with Crippen LogP contribution in [0, 0.1) is 0 Å². The SMILES string of the molecule is O=C(CNC1CCCCC1)Nc1ccccc1C(F)(F)F. The molecule has 2 N–H and O–H groups in total. The van der Waals surface area contributed by atoms with Crippen molar-refractivity contribution < 1.29 is 18.0 Å². The summed E-state index contributed by atoms with van der Waals surface area (Å²) >= 11 is 0. The quantitative estimate of drug-likeness (QED) is 0.892. The van der Waals surface area contributed by atoms with Gasteiger partial charge in [-0.15, -0.1) is 0 Å². The van der Waals surface area contributed by atoms with E-state index >= 15 is 0 Å². The third kappa shape index (κ3) is 4.74. The average molecular weight is 300 g/mol. The van der Waals surface area contributed by atoms with Crippen molar-refractivity contribution >= 4 is 11.6 Å². The number of nitrogens with one attached hydrogen (secondary N) is 2. The molecule has 0 atom stereocenters. The number of carbonyl (C=O) groups excluding carboxylic acids is 1. The van der Waals surface area contributed by atoms with E-state index in [4.69, 9.17) is 0 Å². The molecule has 0 bridgehead atoms. The molecule has 1 aromatic rings. The Balaban J connectivity index is 1.90. The Labute approximate surface area is 121 Å². The summed E-state index contributed by atoms with van der Waals surface area (Å²) in [5.74, 6) is -0.447. The zero-order chi connectivity index (χ0) is 15.3. The van der Waals surface area contributed by atoms with Crippen molar-refractivity contribution in [1.29, 1.82) is 0 Å². The van der Waals surface area contributed by atoms with Crippen LogP contribution in [-0.4, -0.2) is 18.5 Å². The van der Waals surface area contributed by atoms with E-state index in [1.165, 1.54) is 24.6 Å². The monoisotopic (exact) mass is 300 g/mol. The minimum absolute atomic E-state index is 0.0385. The van der Waals surface area contributed by atoms with E-state index in [0.717, 1.165) is 31.7 Å². The molecule has 3 nitrogen and oxygen atoms in total. The number of amides is 1. The number of para-hydroxylation sites is 1. The second kappa shape index (κ2) is 6.93. The smallest absolute Gasteiger partial charge is 0.324 e. The number of rotatable bonds is 4. The molecule has 1 saturated carbocycles. The predicted octanol–water partition coefficient (Wildman–Crippen LogP) is 3.57. The summed E-state index contributed by atoms with van der Waals surface area (Å²) in [6.07, 6.45) is 1.05. The normalized spacial score (nSPS) is 16.7. The maximum absolute atomic E-state index is 12.8. The summed E-state index contributed by atoms with van der Waals surface area (Å²) in [5, 5.41) is 5.44. The van der Waals surface area contributed by atoms with E-state index in [0.29, 0.717) is 6.04 Å². The molecule has 0 saturated heterocycles. The first-order chi connectivity index (χ1) is 9.97. The number of hydrogen-bond donors (Lipinski definition) is 2. The van der Waals surface area contributed by atoms with Gasteiger partial charge in [0, 0.05) is 6.04 Å². The molecule has 0 unspecified atom stereocenters. The lowest BCUT2D eigenvalue weighted by Crippen LogP contribution is -2.37. The molecule has 1 aliphatic rings. The van der Waals surface area contributed by atoms with E-state index in [9.17, 15) is 18.0 Å². The summed E-state index contributed by atoms with van der Waals surface area (Å²) in [6.45, 7) is 0.0385. The van der Waals surface area contributed by atoms with Crippen molar-refractivity contribution in [2.75, 3.05) is 11.9 Å². The van der Waals surface area contributed by atoms with Gasteiger partial charge in [0.2, 0.25) is 5.91 Å². The zero-order valence-corrected chi connectivity index (χ0v) is 11.7. The Morgan fingerprint density at radius 2 is 1.81 bits per heavy atom. The zero-order valence-electron chi connectivity index (χ0n) is 11.7. The molecule has 1 aromatic carbocycles. The van der Waals surface area contributed by atoms with Crippen LogP contribution in [0.5, 0.6) is 0 Å². The maximum Gasteiger partial charge on any atom is 0.418 e. The minimum Gasteiger partial charge on any atom is -0.324 e. The van der Waals surface area contributed by atoms with Crippen LogP contribution in [0.25, 0.3) is 0 Å². The highest BCUT2D eigenvalue weighted by molar-refractivity contribution is 5.93. The van der Waals surface area contributed by atoms with Crippen molar-refractivity contribution in [2.24, 2.45) is 0 Å². The molecule has 21 heavy (non-hydrogen) atoms. The van der Waals surface area contributed by atoms with Gasteiger partial charge in [0.25, 0.3) is 0 Å². The van der Waals surface area contributed by atoms with Gasteiger partial charge in [0.05, 0.1) is 17.8 Å². The largest absolute Gasteiger partial charge is 0.418 e. The lowest BCUT2D eigenvalue weighted by atomic mass is 9.95. The molecule has 0 aromatic heterocycles. The average Bonchev–Trinajstić information content (AvgIpc) is 2.46. The standard InChI is InChI=1S/C15H19F3N2O/c16-15(17,18)12-8-4-5-9-13(12)20-14(21)10-19-11-6-2-1-3-7-11/h4-5,8-9,11,19H,1-3,6-7,10H2,(H,20,21). The highest BCUT2D eigenvalue weighted by Gasteiger charge is 2.33. The van der Waals surface area contributed by atoms with Crippen molar-refractivity contribution in [3.63, 3.8) is 0 Å². The van der Waals surface area contributed by atoms with E-state index < -0.39 is 17.6 Å². The van der Waals surface area contributed by atoms with Gasteiger partial charge in [-0.05, 0) is 25.0 Å². The molecule has 2 rings (SSSR count). The van der Waals surface area contributed by atoms with Crippen LogP contribution in [0.3, 0.4) is 0 Å². The Hall–Kier alpha value is -1.56. The highest BCUT2D eigenvalue weighted by Crippen LogP contribution is 2.34. The van der Waals surface area contributed by atoms with E-state index in [-0.39, 0.29) is 12.2 Å². The van der Waals surface area contributed by atoms with Crippen molar-refractivity contribution in [3.8, 4) is 0 Å². The highest BCUT2D eigenvalue weighted by atomic mass is 19.4. The summed E-state index contributed by atoms with van der Waals surface area (Å²) in [6, 6.07) is 5.30. The molecule has 0 spiro atoms. The summed E-state index contributed by atoms with van der Waals surface area (Å²) in [7, 11) is 0. The predicted molar refractivity (Wildman–Crippen MR) is 74.9 cm³/mol. The number of carbonyl (C=O) groups is 1. The third-order valence-electron chi connectivity index (χ3n) is 3.66. The first-order valence-corrected chi connectivity index (χ1v) is 7.16. The first kappa shape index (κ1) is 15.8. The van der Waals surface area contributed by atoms with Gasteiger partial charge in [0.15, 0.2) is 0 Å². The second-order valence-corrected chi connectivity index (χ2v) is 5.31. The molecule has 1 aliphatic carbocycles. The number of benzene rings is 1. The fraction of sp³-hybridized carbons (Fsp3) is 0.533. The van der Waals surface area contributed by atoms with Crippen LogP contribution in [0.1, 0.15) is 37.7 Å². The van der Waals surface area contributed by atoms with Gasteiger partial charge in [-0.2, -0.15) is 13.2 Å². The molecule has 1 fully saturated rings. The van der Waals surface area contributed by atoms with Gasteiger partial charge < -0.3 is 10.6 Å². The first-order valence-electron chi connectivity index (χ1n) is 7.16. The van der Waals surface area contributed by atoms with Gasteiger partial charge in [0.1, 0.15) is 0 Å². The number of hydrogen-bond acceptors (Lipinski definition) is 2. The number of alkyl halides is 3. The fourth-order valence-corrected chi connectivity index (χ4v) is 2.58. The van der Waals surface area contributed by atoms with Crippen molar-refractivity contribution in [2.45, 2.75) is 44.3 Å². The van der Waals surface area contributed by atoms with Crippen molar-refractivity contribution in [1.82, 2.24) is 5.32 Å². The number of halogens is 3. The van der Waals surface area contributed by atoms with Crippen LogP contribution in [0.4, 0.5) is 18.9 Å². The van der Waals surface area contributed by atoms with E-state index in [2.05, 4.69) is 10.6 Å². The van der Waals surface area contributed by atoms with Gasteiger partial charge >= 0.3 is 6.18 Å². The lowest BCUT2D eigenvalue weighted by Gasteiger charge is -2.22. The van der Waals surface area contributed by atoms with Gasteiger partial charge in [-0.1, -0.05) is 31.4 Å². The fourth-order valence-electron chi connectivity index (χ4n) is 2.58. The van der Waals surface area contributed by atoms with Crippen molar-refractivity contribution in [3.05, 3.63) is 29.8 Å². The lowest BCUT2D eigenvalue weighted by molar-refractivity contribution is -0.137. The molecule has 6 heteroatoms. The summed E-state index contributed by atoms with van der Waals surface area (Å²) < 4.78 is 38.4. The van der Waals surface area contributed by atoms with E-state index in [1.807, 2.05) is 0 Å². The van der Waals surface area contributed by atoms with Crippen LogP contribution >= 0.6 is 0 Å². The molecular formula is C15H19F3N2O.